The average Bonchev–Trinajstić information content (AvgIpc) is 2.91. The summed E-state index contributed by atoms with van der Waals surface area (Å²) in [5.74, 6) is 0.384. The van der Waals surface area contributed by atoms with Gasteiger partial charge in [0.15, 0.2) is 5.78 Å². The maximum Gasteiger partial charge on any atom is 0.269 e. The number of hydrogen-bond acceptors (Lipinski definition) is 5. The van der Waals surface area contributed by atoms with Crippen LogP contribution < -0.4 is 10.1 Å². The quantitative estimate of drug-likeness (QED) is 0.196. The molecule has 0 fully saturated rings. The Morgan fingerprint density at radius 2 is 1.68 bits per heavy atom. The van der Waals surface area contributed by atoms with Crippen molar-refractivity contribution in [2.75, 3.05) is 7.11 Å². The van der Waals surface area contributed by atoms with E-state index in [-0.39, 0.29) is 17.4 Å². The monoisotopic (exact) mass is 570 g/mol. The molecule has 0 saturated heterocycles. The largest absolute Gasteiger partial charge is 0.497 e. The SMILES string of the molecule is COc1ccc(C2=CC(c3ccc([N+](=O)[O-])cc3)C3=C(CC(C)(C)/C(=C/c4ccc(Br)cc4)C3=O)N2)cc1. The van der Waals surface area contributed by atoms with Gasteiger partial charge < -0.3 is 10.1 Å². The Morgan fingerprint density at radius 3 is 2.29 bits per heavy atom. The number of dihydropyridines is 1. The second kappa shape index (κ2) is 10.1. The molecule has 1 heterocycles. The lowest BCUT2D eigenvalue weighted by atomic mass is 9.67. The van der Waals surface area contributed by atoms with Crippen LogP contribution in [-0.2, 0) is 4.79 Å². The molecule has 0 spiro atoms. The normalized spacial score (nSPS) is 19.5. The van der Waals surface area contributed by atoms with Crippen molar-refractivity contribution in [3.63, 3.8) is 0 Å². The van der Waals surface area contributed by atoms with E-state index in [4.69, 9.17) is 4.74 Å². The highest BCUT2D eigenvalue weighted by atomic mass is 79.9. The van der Waals surface area contributed by atoms with Gasteiger partial charge in [0.2, 0.25) is 0 Å². The molecule has 192 valence electrons. The van der Waals surface area contributed by atoms with Crippen LogP contribution in [0.25, 0.3) is 11.8 Å². The fourth-order valence-electron chi connectivity index (χ4n) is 5.11. The van der Waals surface area contributed by atoms with Gasteiger partial charge in [-0.15, -0.1) is 0 Å². The molecule has 3 aromatic rings. The Balaban J connectivity index is 1.62. The minimum Gasteiger partial charge on any atom is -0.497 e. The molecule has 1 atom stereocenters. The molecular formula is C31H27BrN2O4. The van der Waals surface area contributed by atoms with Crippen molar-refractivity contribution in [3.05, 3.63) is 127 Å². The second-order valence-electron chi connectivity index (χ2n) is 10.2. The highest BCUT2D eigenvalue weighted by Gasteiger charge is 2.42. The number of ketones is 1. The van der Waals surface area contributed by atoms with Gasteiger partial charge in [-0.05, 0) is 77.1 Å². The summed E-state index contributed by atoms with van der Waals surface area (Å²) < 4.78 is 6.29. The van der Waals surface area contributed by atoms with Crippen molar-refractivity contribution in [1.82, 2.24) is 5.32 Å². The summed E-state index contributed by atoms with van der Waals surface area (Å²) >= 11 is 3.47. The Hall–Kier alpha value is -3.97. The number of nitrogens with zero attached hydrogens (tertiary/aromatic N) is 1. The standard InChI is InChI=1S/C31H27BrN2O4/c1-31(2)18-28-29(30(35)26(31)16-19-4-10-22(32)11-5-19)25(20-6-12-23(13-7-20)34(36)37)17-27(33-28)21-8-14-24(38-3)15-9-21/h4-17,25,33H,18H2,1-3H3/b26-16+. The number of ether oxygens (including phenoxy) is 1. The number of nitro groups is 1. The van der Waals surface area contributed by atoms with Crippen LogP contribution in [-0.4, -0.2) is 17.8 Å². The zero-order chi connectivity index (χ0) is 27.0. The van der Waals surface area contributed by atoms with Gasteiger partial charge in [0.05, 0.1) is 12.0 Å². The summed E-state index contributed by atoms with van der Waals surface area (Å²) in [6.45, 7) is 4.18. The third kappa shape index (κ3) is 4.94. The number of nitro benzene ring substituents is 1. The fraction of sp³-hybridized carbons (Fsp3) is 0.194. The number of carbonyl (C=O) groups excluding carboxylic acids is 1. The van der Waals surface area contributed by atoms with Crippen molar-refractivity contribution >= 4 is 39.2 Å². The third-order valence-corrected chi connectivity index (χ3v) is 7.67. The van der Waals surface area contributed by atoms with E-state index in [9.17, 15) is 14.9 Å². The van der Waals surface area contributed by atoms with Crippen molar-refractivity contribution in [2.24, 2.45) is 5.41 Å². The van der Waals surface area contributed by atoms with Crippen LogP contribution in [0.3, 0.4) is 0 Å². The number of methoxy groups -OCH3 is 1. The van der Waals surface area contributed by atoms with Gasteiger partial charge in [-0.3, -0.25) is 14.9 Å². The van der Waals surface area contributed by atoms with Gasteiger partial charge in [-0.25, -0.2) is 0 Å². The molecule has 6 nitrogen and oxygen atoms in total. The first-order valence-corrected chi connectivity index (χ1v) is 13.1. The number of Topliss-reactive ketones (excluding diaryl/α,β-unsaturated/α-hetero) is 1. The van der Waals surface area contributed by atoms with E-state index in [0.717, 1.165) is 43.9 Å². The van der Waals surface area contributed by atoms with E-state index in [1.54, 1.807) is 19.2 Å². The number of halogens is 1. The van der Waals surface area contributed by atoms with E-state index in [1.165, 1.54) is 12.1 Å². The predicted molar refractivity (Wildman–Crippen MR) is 152 cm³/mol. The Morgan fingerprint density at radius 1 is 1.03 bits per heavy atom. The highest BCUT2D eigenvalue weighted by Crippen LogP contribution is 2.48. The lowest BCUT2D eigenvalue weighted by Crippen LogP contribution is -2.37. The minimum absolute atomic E-state index is 0.0138. The van der Waals surface area contributed by atoms with E-state index in [0.29, 0.717) is 12.0 Å². The average molecular weight is 571 g/mol. The zero-order valence-electron chi connectivity index (χ0n) is 21.3. The highest BCUT2D eigenvalue weighted by molar-refractivity contribution is 9.10. The van der Waals surface area contributed by atoms with Gasteiger partial charge in [0.1, 0.15) is 5.75 Å². The van der Waals surface area contributed by atoms with Crippen molar-refractivity contribution < 1.29 is 14.5 Å². The van der Waals surface area contributed by atoms with Gasteiger partial charge in [0.25, 0.3) is 5.69 Å². The molecule has 0 bridgehead atoms. The summed E-state index contributed by atoms with van der Waals surface area (Å²) in [5.41, 5.74) is 5.55. The van der Waals surface area contributed by atoms with Gasteiger partial charge >= 0.3 is 0 Å². The maximum atomic E-state index is 14.2. The van der Waals surface area contributed by atoms with Crippen LogP contribution in [0.2, 0.25) is 0 Å². The van der Waals surface area contributed by atoms with Crippen molar-refractivity contribution in [1.29, 1.82) is 0 Å². The van der Waals surface area contributed by atoms with E-state index in [1.807, 2.05) is 60.7 Å². The number of hydrogen-bond donors (Lipinski definition) is 1. The number of allylic oxidation sites excluding steroid dienone is 4. The van der Waals surface area contributed by atoms with Crippen LogP contribution in [0.15, 0.2) is 100 Å². The molecular weight excluding hydrogens is 544 g/mol. The number of nitrogens with one attached hydrogen (secondary N) is 1. The van der Waals surface area contributed by atoms with E-state index >= 15 is 0 Å². The minimum atomic E-state index is -0.414. The molecule has 1 aliphatic heterocycles. The second-order valence-corrected chi connectivity index (χ2v) is 11.1. The zero-order valence-corrected chi connectivity index (χ0v) is 22.9. The molecule has 0 radical (unpaired) electrons. The summed E-state index contributed by atoms with van der Waals surface area (Å²) in [7, 11) is 1.63. The lowest BCUT2D eigenvalue weighted by Gasteiger charge is -2.40. The number of benzene rings is 3. The Bertz CT molecular complexity index is 1500. The summed E-state index contributed by atoms with van der Waals surface area (Å²) in [5, 5.41) is 14.8. The van der Waals surface area contributed by atoms with E-state index in [2.05, 4.69) is 35.1 Å². The molecule has 2 aliphatic rings. The van der Waals surface area contributed by atoms with Gasteiger partial charge in [0, 0.05) is 45.1 Å². The summed E-state index contributed by atoms with van der Waals surface area (Å²) in [6.07, 6.45) is 4.66. The van der Waals surface area contributed by atoms with Gasteiger partial charge in [-0.1, -0.05) is 54.0 Å². The first-order chi connectivity index (χ1) is 18.2. The van der Waals surface area contributed by atoms with Gasteiger partial charge in [-0.2, -0.15) is 0 Å². The summed E-state index contributed by atoms with van der Waals surface area (Å²) in [6, 6.07) is 22.1. The smallest absolute Gasteiger partial charge is 0.269 e. The fourth-order valence-corrected chi connectivity index (χ4v) is 5.37. The van der Waals surface area contributed by atoms with E-state index < -0.39 is 10.3 Å². The summed E-state index contributed by atoms with van der Waals surface area (Å²) in [4.78, 5) is 25.1. The van der Waals surface area contributed by atoms with Crippen LogP contribution >= 0.6 is 15.9 Å². The molecule has 1 N–H and O–H groups in total. The van der Waals surface area contributed by atoms with Crippen LogP contribution in [0.4, 0.5) is 5.69 Å². The molecule has 0 aromatic heterocycles. The van der Waals surface area contributed by atoms with Crippen molar-refractivity contribution in [2.45, 2.75) is 26.2 Å². The first kappa shape index (κ1) is 25.7. The number of non-ortho nitro benzene ring substituents is 1. The predicted octanol–water partition coefficient (Wildman–Crippen LogP) is 7.43. The molecule has 0 amide bonds. The molecule has 7 heteroatoms. The topological polar surface area (TPSA) is 81.5 Å². The Kier molecular flexibility index (Phi) is 6.80. The molecule has 5 rings (SSSR count). The molecule has 38 heavy (non-hydrogen) atoms. The molecule has 1 unspecified atom stereocenters. The maximum absolute atomic E-state index is 14.2. The first-order valence-electron chi connectivity index (χ1n) is 12.3. The third-order valence-electron chi connectivity index (χ3n) is 7.14. The molecule has 0 saturated carbocycles. The number of rotatable bonds is 5. The lowest BCUT2D eigenvalue weighted by molar-refractivity contribution is -0.384. The van der Waals surface area contributed by atoms with Crippen LogP contribution in [0.5, 0.6) is 5.75 Å². The number of carbonyl (C=O) groups is 1. The Labute approximate surface area is 230 Å². The molecule has 3 aromatic carbocycles. The van der Waals surface area contributed by atoms with Crippen LogP contribution in [0.1, 0.15) is 42.9 Å². The molecule has 1 aliphatic carbocycles. The van der Waals surface area contributed by atoms with Crippen LogP contribution in [0, 0.1) is 15.5 Å². The van der Waals surface area contributed by atoms with Crippen molar-refractivity contribution in [3.8, 4) is 5.75 Å².